The van der Waals surface area contributed by atoms with Crippen LogP contribution in [0.5, 0.6) is 0 Å². The molecular formula is C51H36N4O2. The van der Waals surface area contributed by atoms with Crippen molar-refractivity contribution in [3.63, 3.8) is 0 Å². The largest absolute Gasteiger partial charge is 0.456 e. The van der Waals surface area contributed by atoms with Crippen LogP contribution < -0.4 is 16.0 Å². The predicted molar refractivity (Wildman–Crippen MR) is 231 cm³/mol. The van der Waals surface area contributed by atoms with Crippen molar-refractivity contribution in [2.24, 2.45) is 0 Å². The van der Waals surface area contributed by atoms with Crippen LogP contribution in [0.3, 0.4) is 0 Å². The molecule has 6 nitrogen and oxygen atoms in total. The van der Waals surface area contributed by atoms with Crippen LogP contribution in [0.25, 0.3) is 82.5 Å². The predicted octanol–water partition coefficient (Wildman–Crippen LogP) is 12.4. The summed E-state index contributed by atoms with van der Waals surface area (Å²) in [7, 11) is 0. The van der Waals surface area contributed by atoms with E-state index < -0.39 is 0 Å². The lowest BCUT2D eigenvalue weighted by Gasteiger charge is -2.39. The highest BCUT2D eigenvalue weighted by molar-refractivity contribution is 6.11. The Hall–Kier alpha value is -6.96. The van der Waals surface area contributed by atoms with Gasteiger partial charge in [0, 0.05) is 38.0 Å². The number of fused-ring (bicyclic) bond motifs is 9. The molecule has 0 saturated carbocycles. The van der Waals surface area contributed by atoms with E-state index in [1.807, 2.05) is 0 Å². The van der Waals surface area contributed by atoms with E-state index in [0.29, 0.717) is 0 Å². The van der Waals surface area contributed by atoms with E-state index in [-0.39, 0.29) is 18.5 Å². The number of aromatic nitrogens is 1. The smallest absolute Gasteiger partial charge is 0.135 e. The zero-order valence-electron chi connectivity index (χ0n) is 30.8. The molecule has 0 aliphatic carbocycles. The average Bonchev–Trinajstić information content (AvgIpc) is 3.95. The molecule has 57 heavy (non-hydrogen) atoms. The maximum absolute atomic E-state index is 6.42. The Morgan fingerprint density at radius 3 is 1.30 bits per heavy atom. The fourth-order valence-corrected chi connectivity index (χ4v) is 8.95. The topological polar surface area (TPSA) is 67.3 Å². The Kier molecular flexibility index (Phi) is 7.25. The van der Waals surface area contributed by atoms with Crippen molar-refractivity contribution in [3.8, 4) is 16.8 Å². The van der Waals surface area contributed by atoms with Gasteiger partial charge in [-0.1, -0.05) is 115 Å². The van der Waals surface area contributed by atoms with Crippen LogP contribution >= 0.6 is 0 Å². The van der Waals surface area contributed by atoms with E-state index in [1.165, 1.54) is 32.9 Å². The third kappa shape index (κ3) is 5.30. The van der Waals surface area contributed by atoms with E-state index in [9.17, 15) is 0 Å². The van der Waals surface area contributed by atoms with Crippen LogP contribution in [0.15, 0.2) is 191 Å². The zero-order valence-corrected chi connectivity index (χ0v) is 30.8. The summed E-state index contributed by atoms with van der Waals surface area (Å²) in [6.07, 6.45) is -0.195. The molecule has 12 rings (SSSR count). The zero-order chi connectivity index (χ0) is 37.5. The molecular weight excluding hydrogens is 701 g/mol. The molecule has 0 bridgehead atoms. The number of hydrogen-bond donors (Lipinski definition) is 3. The quantitative estimate of drug-likeness (QED) is 0.164. The van der Waals surface area contributed by atoms with Crippen LogP contribution in [0.2, 0.25) is 0 Å². The van der Waals surface area contributed by atoms with Gasteiger partial charge in [0.15, 0.2) is 0 Å². The van der Waals surface area contributed by atoms with Crippen molar-refractivity contribution in [2.75, 3.05) is 0 Å². The van der Waals surface area contributed by atoms with Crippen LogP contribution in [-0.2, 0) is 0 Å². The molecule has 1 aliphatic rings. The van der Waals surface area contributed by atoms with E-state index >= 15 is 0 Å². The maximum Gasteiger partial charge on any atom is 0.135 e. The van der Waals surface area contributed by atoms with Gasteiger partial charge in [-0.2, -0.15) is 0 Å². The Bertz CT molecular complexity index is 3210. The molecule has 4 heterocycles. The molecule has 1 fully saturated rings. The third-order valence-corrected chi connectivity index (χ3v) is 11.7. The Balaban J connectivity index is 0.936. The first-order valence-electron chi connectivity index (χ1n) is 19.5. The van der Waals surface area contributed by atoms with Crippen molar-refractivity contribution in [1.82, 2.24) is 20.5 Å². The molecule has 272 valence electrons. The van der Waals surface area contributed by atoms with Gasteiger partial charge in [-0.25, -0.2) is 0 Å². The highest BCUT2D eigenvalue weighted by atomic mass is 16.3. The maximum atomic E-state index is 6.42. The summed E-state index contributed by atoms with van der Waals surface area (Å²) < 4.78 is 15.2. The van der Waals surface area contributed by atoms with Gasteiger partial charge in [0.05, 0.1) is 29.5 Å². The number of hydrogen-bond acceptors (Lipinski definition) is 5. The molecule has 2 unspecified atom stereocenters. The number of furan rings is 2. The summed E-state index contributed by atoms with van der Waals surface area (Å²) in [5.74, 6) is 0. The monoisotopic (exact) mass is 736 g/mol. The van der Waals surface area contributed by atoms with E-state index in [1.54, 1.807) is 0 Å². The fraction of sp³-hybridized carbons (Fsp3) is 0.0588. The Morgan fingerprint density at radius 2 is 0.754 bits per heavy atom. The molecule has 3 N–H and O–H groups in total. The van der Waals surface area contributed by atoms with Gasteiger partial charge >= 0.3 is 0 Å². The van der Waals surface area contributed by atoms with Gasteiger partial charge in [0.25, 0.3) is 0 Å². The summed E-state index contributed by atoms with van der Waals surface area (Å²) in [5.41, 5.74) is 12.7. The molecule has 11 aromatic rings. The second-order valence-electron chi connectivity index (χ2n) is 15.1. The van der Waals surface area contributed by atoms with Crippen molar-refractivity contribution in [3.05, 3.63) is 199 Å². The lowest BCUT2D eigenvalue weighted by Crippen LogP contribution is -2.54. The first-order chi connectivity index (χ1) is 28.2. The summed E-state index contributed by atoms with van der Waals surface area (Å²) in [6, 6.07) is 64.5. The van der Waals surface area contributed by atoms with E-state index in [2.05, 4.69) is 203 Å². The normalized spacial score (nSPS) is 17.4. The highest BCUT2D eigenvalue weighted by Gasteiger charge is 2.30. The lowest BCUT2D eigenvalue weighted by molar-refractivity contribution is 0.203. The highest BCUT2D eigenvalue weighted by Crippen LogP contribution is 2.39. The Morgan fingerprint density at radius 1 is 0.333 bits per heavy atom. The van der Waals surface area contributed by atoms with Crippen molar-refractivity contribution < 1.29 is 8.83 Å². The lowest BCUT2D eigenvalue weighted by atomic mass is 9.99. The molecule has 1 saturated heterocycles. The molecule has 8 aromatic carbocycles. The van der Waals surface area contributed by atoms with E-state index in [4.69, 9.17) is 8.83 Å². The molecule has 0 amide bonds. The minimum Gasteiger partial charge on any atom is -0.456 e. The van der Waals surface area contributed by atoms with Gasteiger partial charge in [-0.3, -0.25) is 16.0 Å². The standard InChI is InChI=1S/C51H36N4O2/c1-3-11-31(12-4-1)49-52-50(32-13-5-2-6-14-32)54-51(53-49)35-21-25-47-41(29-35)39-27-33(19-23-45(39)56-47)34-20-24-46-40(28-34)42-30-36(22-26-48(42)57-46)55-43-17-9-7-15-37(43)38-16-8-10-18-44(38)55/h1-30,49-54H. The van der Waals surface area contributed by atoms with E-state index in [0.717, 1.165) is 66.3 Å². The van der Waals surface area contributed by atoms with Crippen LogP contribution in [0, 0.1) is 0 Å². The first-order valence-corrected chi connectivity index (χ1v) is 19.5. The minimum absolute atomic E-state index is 0.0435. The van der Waals surface area contributed by atoms with Crippen molar-refractivity contribution in [1.29, 1.82) is 0 Å². The number of nitrogens with one attached hydrogen (secondary N) is 3. The van der Waals surface area contributed by atoms with Crippen LogP contribution in [-0.4, -0.2) is 4.57 Å². The second-order valence-corrected chi connectivity index (χ2v) is 15.1. The number of nitrogens with zero attached hydrogens (tertiary/aromatic N) is 1. The van der Waals surface area contributed by atoms with Crippen LogP contribution in [0.1, 0.15) is 35.2 Å². The van der Waals surface area contributed by atoms with Crippen molar-refractivity contribution in [2.45, 2.75) is 18.5 Å². The number of benzene rings is 8. The molecule has 3 aromatic heterocycles. The molecule has 0 spiro atoms. The SMILES string of the molecule is c1ccc(C2NC(c3ccccc3)NC(c3ccc4oc5ccc(-c6ccc7oc8ccc(-n9c%10ccccc%10c%10ccccc%109)cc8c7c6)cc5c4c3)N2)cc1. The molecule has 2 atom stereocenters. The number of rotatable bonds is 5. The number of para-hydroxylation sites is 2. The van der Waals surface area contributed by atoms with Crippen molar-refractivity contribution >= 4 is 65.7 Å². The average molecular weight is 737 g/mol. The first kappa shape index (κ1) is 32.3. The van der Waals surface area contributed by atoms with Gasteiger partial charge in [-0.15, -0.1) is 0 Å². The Labute approximate surface area is 327 Å². The van der Waals surface area contributed by atoms with Gasteiger partial charge in [-0.05, 0) is 94.5 Å². The summed E-state index contributed by atoms with van der Waals surface area (Å²) in [6.45, 7) is 0. The fourth-order valence-electron chi connectivity index (χ4n) is 8.95. The second kappa shape index (κ2) is 12.8. The minimum atomic E-state index is -0.108. The van der Waals surface area contributed by atoms with Gasteiger partial charge in [0.1, 0.15) is 22.3 Å². The third-order valence-electron chi connectivity index (χ3n) is 11.7. The molecule has 6 heteroatoms. The molecule has 0 radical (unpaired) electrons. The van der Waals surface area contributed by atoms with Gasteiger partial charge in [0.2, 0.25) is 0 Å². The van der Waals surface area contributed by atoms with Crippen LogP contribution in [0.4, 0.5) is 0 Å². The van der Waals surface area contributed by atoms with Gasteiger partial charge < -0.3 is 13.4 Å². The molecule has 1 aliphatic heterocycles. The summed E-state index contributed by atoms with van der Waals surface area (Å²) in [5, 5.41) is 18.3. The summed E-state index contributed by atoms with van der Waals surface area (Å²) >= 11 is 0. The summed E-state index contributed by atoms with van der Waals surface area (Å²) in [4.78, 5) is 0.